The van der Waals surface area contributed by atoms with Crippen molar-refractivity contribution < 1.29 is 9.53 Å². The number of carbonyl (C=O) groups excluding carboxylic acids is 1. The number of para-hydroxylation sites is 1. The number of ether oxygens (including phenoxy) is 1. The number of nitrogens with zero attached hydrogens (tertiary/aromatic N) is 5. The summed E-state index contributed by atoms with van der Waals surface area (Å²) in [5.74, 6) is 1.92. The number of rotatable bonds is 11. The lowest BCUT2D eigenvalue weighted by atomic mass is 10.1. The number of nitrogen functional groups attached to an aromatic ring is 1. The van der Waals surface area contributed by atoms with E-state index in [1.54, 1.807) is 5.01 Å². The number of hydrogen-bond acceptors (Lipinski definition) is 6. The highest BCUT2D eigenvalue weighted by Crippen LogP contribution is 2.34. The lowest BCUT2D eigenvalue weighted by Gasteiger charge is -2.25. The van der Waals surface area contributed by atoms with E-state index in [1.807, 2.05) is 72.4 Å². The molecule has 188 valence electrons. The predicted octanol–water partition coefficient (Wildman–Crippen LogP) is 5.08. The van der Waals surface area contributed by atoms with Crippen molar-refractivity contribution in [3.05, 3.63) is 67.1 Å². The van der Waals surface area contributed by atoms with Crippen LogP contribution in [0.2, 0.25) is 0 Å². The molecule has 0 aliphatic rings. The Morgan fingerprint density at radius 2 is 1.64 bits per heavy atom. The fraction of sp³-hybridized carbons (Fsp3) is 0.321. The van der Waals surface area contributed by atoms with Crippen molar-refractivity contribution >= 4 is 22.8 Å². The fourth-order valence-corrected chi connectivity index (χ4v) is 4.32. The maximum absolute atomic E-state index is 13.0. The Kier molecular flexibility index (Phi) is 8.17. The summed E-state index contributed by atoms with van der Waals surface area (Å²) < 4.78 is 7.78. The van der Waals surface area contributed by atoms with Crippen LogP contribution in [0.3, 0.4) is 0 Å². The van der Waals surface area contributed by atoms with Gasteiger partial charge in [-0.1, -0.05) is 51.1 Å². The number of amides is 1. The molecule has 0 fully saturated rings. The number of nitrogens with two attached hydrogens (primary N) is 1. The minimum Gasteiger partial charge on any atom is -0.457 e. The summed E-state index contributed by atoms with van der Waals surface area (Å²) in [5, 5.41) is 2.50. The minimum atomic E-state index is 0.0294. The van der Waals surface area contributed by atoms with E-state index >= 15 is 0 Å². The second-order valence-electron chi connectivity index (χ2n) is 8.54. The van der Waals surface area contributed by atoms with Gasteiger partial charge in [0.05, 0.1) is 5.39 Å². The number of hydrogen-bond donors (Lipinski definition) is 1. The molecular formula is C28H34N6O2. The predicted molar refractivity (Wildman–Crippen MR) is 145 cm³/mol. The molecule has 2 aromatic heterocycles. The fourth-order valence-electron chi connectivity index (χ4n) is 4.32. The van der Waals surface area contributed by atoms with Crippen LogP contribution in [0.15, 0.2) is 67.1 Å². The number of aromatic nitrogens is 3. The van der Waals surface area contributed by atoms with Crippen LogP contribution in [-0.4, -0.2) is 51.6 Å². The van der Waals surface area contributed by atoms with E-state index in [1.165, 1.54) is 6.33 Å². The first kappa shape index (κ1) is 25.2. The maximum Gasteiger partial charge on any atom is 0.241 e. The van der Waals surface area contributed by atoms with Crippen LogP contribution in [0.5, 0.6) is 11.5 Å². The number of benzene rings is 2. The highest BCUT2D eigenvalue weighted by molar-refractivity contribution is 6.02. The van der Waals surface area contributed by atoms with Gasteiger partial charge in [0.1, 0.15) is 23.6 Å². The quantitative estimate of drug-likeness (QED) is 0.318. The molecule has 0 atom stereocenters. The van der Waals surface area contributed by atoms with Crippen molar-refractivity contribution in [3.8, 4) is 22.6 Å². The van der Waals surface area contributed by atoms with E-state index in [4.69, 9.17) is 10.5 Å². The molecule has 0 aliphatic carbocycles. The van der Waals surface area contributed by atoms with Crippen LogP contribution in [0.4, 0.5) is 5.82 Å². The molecule has 0 saturated heterocycles. The molecule has 0 bridgehead atoms. The van der Waals surface area contributed by atoms with Crippen molar-refractivity contribution in [2.75, 3.05) is 36.9 Å². The average molecular weight is 487 g/mol. The first-order valence-electron chi connectivity index (χ1n) is 12.5. The van der Waals surface area contributed by atoms with Gasteiger partial charge in [-0.05, 0) is 55.9 Å². The van der Waals surface area contributed by atoms with Gasteiger partial charge in [0.15, 0.2) is 5.65 Å². The Hall–Kier alpha value is -3.91. The van der Waals surface area contributed by atoms with E-state index in [9.17, 15) is 4.79 Å². The monoisotopic (exact) mass is 486 g/mol. The average Bonchev–Trinajstić information content (AvgIpc) is 3.30. The van der Waals surface area contributed by atoms with Gasteiger partial charge in [-0.2, -0.15) is 0 Å². The number of fused-ring (bicyclic) bond motifs is 1. The summed E-state index contributed by atoms with van der Waals surface area (Å²) in [6.07, 6.45) is 4.63. The smallest absolute Gasteiger partial charge is 0.241 e. The van der Waals surface area contributed by atoms with Gasteiger partial charge < -0.3 is 15.4 Å². The second-order valence-corrected chi connectivity index (χ2v) is 8.54. The summed E-state index contributed by atoms with van der Waals surface area (Å²) >= 11 is 0. The van der Waals surface area contributed by atoms with Crippen molar-refractivity contribution in [1.29, 1.82) is 0 Å². The molecule has 0 spiro atoms. The molecule has 4 rings (SSSR count). The SMILES string of the molecule is CCC(=O)N(CCCN(CC)CC)n1cc(-c2ccc(Oc3ccccc3)cc2)c2c(N)ncnc21. The molecule has 1 amide bonds. The Labute approximate surface area is 212 Å². The van der Waals surface area contributed by atoms with E-state index < -0.39 is 0 Å². The van der Waals surface area contributed by atoms with E-state index in [2.05, 4.69) is 28.7 Å². The van der Waals surface area contributed by atoms with Gasteiger partial charge in [-0.25, -0.2) is 19.7 Å². The first-order valence-corrected chi connectivity index (χ1v) is 12.5. The highest BCUT2D eigenvalue weighted by Gasteiger charge is 2.22. The van der Waals surface area contributed by atoms with Crippen molar-refractivity contribution in [3.63, 3.8) is 0 Å². The molecule has 4 aromatic rings. The van der Waals surface area contributed by atoms with E-state index in [-0.39, 0.29) is 5.91 Å². The Bertz CT molecular complexity index is 1280. The van der Waals surface area contributed by atoms with Crippen LogP contribution in [0.25, 0.3) is 22.2 Å². The summed E-state index contributed by atoms with van der Waals surface area (Å²) in [6, 6.07) is 17.5. The van der Waals surface area contributed by atoms with Crippen LogP contribution in [-0.2, 0) is 4.79 Å². The van der Waals surface area contributed by atoms with Gasteiger partial charge in [-0.3, -0.25) is 4.79 Å². The lowest BCUT2D eigenvalue weighted by Crippen LogP contribution is -2.41. The Morgan fingerprint density at radius 1 is 0.944 bits per heavy atom. The molecule has 36 heavy (non-hydrogen) atoms. The molecule has 8 nitrogen and oxygen atoms in total. The summed E-state index contributed by atoms with van der Waals surface area (Å²) in [7, 11) is 0. The second kappa shape index (κ2) is 11.7. The van der Waals surface area contributed by atoms with Crippen LogP contribution in [0, 0.1) is 0 Å². The standard InChI is InChI=1S/C28H34N6O2/c1-4-25(35)33(18-10-17-32(5-2)6-3)34-19-24(26-27(29)30-20-31-28(26)34)21-13-15-23(16-14-21)36-22-11-8-7-9-12-22/h7-9,11-16,19-20H,4-6,10,17-18H2,1-3H3,(H2,29,30,31). The van der Waals surface area contributed by atoms with Gasteiger partial charge in [0.25, 0.3) is 0 Å². The minimum absolute atomic E-state index is 0.0294. The van der Waals surface area contributed by atoms with Gasteiger partial charge in [-0.15, -0.1) is 0 Å². The third-order valence-electron chi connectivity index (χ3n) is 6.33. The Morgan fingerprint density at radius 3 is 2.31 bits per heavy atom. The molecule has 0 saturated carbocycles. The van der Waals surface area contributed by atoms with Crippen LogP contribution >= 0.6 is 0 Å². The molecule has 2 heterocycles. The van der Waals surface area contributed by atoms with Gasteiger partial charge in [0.2, 0.25) is 5.91 Å². The largest absolute Gasteiger partial charge is 0.457 e. The van der Waals surface area contributed by atoms with Gasteiger partial charge in [0, 0.05) is 24.7 Å². The molecule has 0 unspecified atom stereocenters. The van der Waals surface area contributed by atoms with Crippen LogP contribution < -0.4 is 15.5 Å². The highest BCUT2D eigenvalue weighted by atomic mass is 16.5. The normalized spacial score (nSPS) is 11.2. The molecule has 0 aliphatic heterocycles. The zero-order valence-corrected chi connectivity index (χ0v) is 21.2. The number of carbonyl (C=O) groups is 1. The van der Waals surface area contributed by atoms with Crippen LogP contribution in [0.1, 0.15) is 33.6 Å². The third kappa shape index (κ3) is 5.49. The lowest BCUT2D eigenvalue weighted by molar-refractivity contribution is -0.119. The van der Waals surface area contributed by atoms with E-state index in [0.29, 0.717) is 24.4 Å². The number of anilines is 1. The maximum atomic E-state index is 13.0. The summed E-state index contributed by atoms with van der Waals surface area (Å²) in [5.41, 5.74) is 8.75. The molecule has 0 radical (unpaired) electrons. The van der Waals surface area contributed by atoms with Gasteiger partial charge >= 0.3 is 0 Å². The first-order chi connectivity index (χ1) is 17.5. The topological polar surface area (TPSA) is 89.5 Å². The summed E-state index contributed by atoms with van der Waals surface area (Å²) in [4.78, 5) is 24.1. The van der Waals surface area contributed by atoms with E-state index in [0.717, 1.165) is 54.1 Å². The molecule has 2 aromatic carbocycles. The van der Waals surface area contributed by atoms with Crippen molar-refractivity contribution in [1.82, 2.24) is 19.5 Å². The van der Waals surface area contributed by atoms with Crippen molar-refractivity contribution in [2.24, 2.45) is 0 Å². The zero-order valence-electron chi connectivity index (χ0n) is 21.2. The van der Waals surface area contributed by atoms with Crippen molar-refractivity contribution in [2.45, 2.75) is 33.6 Å². The Balaban J connectivity index is 1.68. The molecule has 8 heteroatoms. The molecular weight excluding hydrogens is 452 g/mol. The third-order valence-corrected chi connectivity index (χ3v) is 6.33. The summed E-state index contributed by atoms with van der Waals surface area (Å²) in [6.45, 7) is 9.67. The zero-order chi connectivity index (χ0) is 25.5. The molecule has 2 N–H and O–H groups in total.